The van der Waals surface area contributed by atoms with E-state index in [1.165, 1.54) is 6.42 Å². The molecule has 0 bridgehead atoms. The molecule has 1 N–H and O–H groups in total. The Morgan fingerprint density at radius 1 is 1.37 bits per heavy atom. The van der Waals surface area contributed by atoms with Gasteiger partial charge >= 0.3 is 12.0 Å². The molecule has 2 amide bonds. The first-order chi connectivity index (χ1) is 8.97. The number of carboxylic acids is 1. The predicted octanol–water partition coefficient (Wildman–Crippen LogP) is 0.539. The van der Waals surface area contributed by atoms with Gasteiger partial charge in [-0.15, -0.1) is 0 Å². The molecule has 2 rings (SSSR count). The monoisotopic (exact) mass is 269 g/mol. The van der Waals surface area contributed by atoms with Gasteiger partial charge in [0, 0.05) is 38.6 Å². The van der Waals surface area contributed by atoms with Crippen molar-refractivity contribution in [2.75, 3.05) is 40.3 Å². The zero-order valence-electron chi connectivity index (χ0n) is 11.7. The molecule has 2 aliphatic heterocycles. The average molecular weight is 269 g/mol. The Labute approximate surface area is 114 Å². The lowest BCUT2D eigenvalue weighted by atomic mass is 9.97. The van der Waals surface area contributed by atoms with E-state index < -0.39 is 5.97 Å². The number of likely N-dealkylation sites (N-methyl/N-ethyl adjacent to an activating group) is 2. The molecule has 0 saturated carbocycles. The molecule has 1 atom stereocenters. The molecule has 2 aliphatic rings. The molecule has 2 heterocycles. The number of amides is 2. The Kier molecular flexibility index (Phi) is 4.29. The van der Waals surface area contributed by atoms with Gasteiger partial charge in [-0.1, -0.05) is 0 Å². The van der Waals surface area contributed by atoms with Crippen LogP contribution in [0.25, 0.3) is 0 Å². The molecule has 19 heavy (non-hydrogen) atoms. The maximum atomic E-state index is 12.1. The highest BCUT2D eigenvalue weighted by Gasteiger charge is 2.34. The van der Waals surface area contributed by atoms with Crippen molar-refractivity contribution < 1.29 is 14.7 Å². The highest BCUT2D eigenvalue weighted by Crippen LogP contribution is 2.21. The van der Waals surface area contributed by atoms with Crippen LogP contribution in [0, 0.1) is 5.92 Å². The summed E-state index contributed by atoms with van der Waals surface area (Å²) in [6.07, 6.45) is 2.52. The molecule has 1 unspecified atom stereocenters. The second-order valence-corrected chi connectivity index (χ2v) is 5.81. The molecule has 6 nitrogen and oxygen atoms in total. The second-order valence-electron chi connectivity index (χ2n) is 5.81. The Morgan fingerprint density at radius 2 is 2.05 bits per heavy atom. The lowest BCUT2D eigenvalue weighted by Crippen LogP contribution is -2.55. The highest BCUT2D eigenvalue weighted by molar-refractivity contribution is 5.75. The molecular weight excluding hydrogens is 246 g/mol. The largest absolute Gasteiger partial charge is 0.481 e. The van der Waals surface area contributed by atoms with Gasteiger partial charge in [-0.2, -0.15) is 0 Å². The molecule has 0 aliphatic carbocycles. The summed E-state index contributed by atoms with van der Waals surface area (Å²) in [6.45, 7) is 3.03. The van der Waals surface area contributed by atoms with Crippen LogP contribution in [-0.4, -0.2) is 78.1 Å². The molecule has 0 spiro atoms. The standard InChI is InChI=1S/C13H23N3O3/c1-14-5-3-4-11(14)9-15(2)13(19)16-7-10(8-16)6-12(17)18/h10-11H,3-9H2,1-2H3,(H,17,18). The quantitative estimate of drug-likeness (QED) is 0.809. The van der Waals surface area contributed by atoms with Crippen molar-refractivity contribution in [3.8, 4) is 0 Å². The Bertz CT molecular complexity index is 355. The van der Waals surface area contributed by atoms with Crippen molar-refractivity contribution in [2.24, 2.45) is 5.92 Å². The molecule has 0 radical (unpaired) electrons. The summed E-state index contributed by atoms with van der Waals surface area (Å²) >= 11 is 0. The SMILES string of the molecule is CN(CC1CCCN1C)C(=O)N1CC(CC(=O)O)C1. The van der Waals surface area contributed by atoms with E-state index in [0.717, 1.165) is 19.5 Å². The van der Waals surface area contributed by atoms with Crippen LogP contribution in [0.1, 0.15) is 19.3 Å². The van der Waals surface area contributed by atoms with E-state index in [4.69, 9.17) is 5.11 Å². The predicted molar refractivity (Wildman–Crippen MR) is 71.0 cm³/mol. The summed E-state index contributed by atoms with van der Waals surface area (Å²) in [4.78, 5) is 28.5. The van der Waals surface area contributed by atoms with Crippen LogP contribution >= 0.6 is 0 Å². The molecule has 0 aromatic rings. The number of hydrogen-bond acceptors (Lipinski definition) is 3. The van der Waals surface area contributed by atoms with Crippen molar-refractivity contribution >= 4 is 12.0 Å². The third-order valence-electron chi connectivity index (χ3n) is 4.17. The number of urea groups is 1. The van der Waals surface area contributed by atoms with E-state index in [0.29, 0.717) is 19.1 Å². The lowest BCUT2D eigenvalue weighted by molar-refractivity contribution is -0.139. The summed E-state index contributed by atoms with van der Waals surface area (Å²) in [5.41, 5.74) is 0. The number of rotatable bonds is 4. The van der Waals surface area contributed by atoms with Gasteiger partial charge in [0.1, 0.15) is 0 Å². The number of carboxylic acid groups (broad SMARTS) is 1. The minimum Gasteiger partial charge on any atom is -0.481 e. The van der Waals surface area contributed by atoms with Gasteiger partial charge in [0.05, 0.1) is 6.42 Å². The Morgan fingerprint density at radius 3 is 2.58 bits per heavy atom. The van der Waals surface area contributed by atoms with E-state index in [2.05, 4.69) is 11.9 Å². The van der Waals surface area contributed by atoms with Crippen LogP contribution in [0.4, 0.5) is 4.79 Å². The summed E-state index contributed by atoms with van der Waals surface area (Å²) in [5.74, 6) is -0.651. The average Bonchev–Trinajstić information content (AvgIpc) is 2.68. The fraction of sp³-hybridized carbons (Fsp3) is 0.846. The van der Waals surface area contributed by atoms with E-state index in [1.807, 2.05) is 7.05 Å². The van der Waals surface area contributed by atoms with Crippen molar-refractivity contribution in [1.29, 1.82) is 0 Å². The highest BCUT2D eigenvalue weighted by atomic mass is 16.4. The van der Waals surface area contributed by atoms with Crippen molar-refractivity contribution in [2.45, 2.75) is 25.3 Å². The lowest BCUT2D eigenvalue weighted by Gasteiger charge is -2.41. The molecule has 108 valence electrons. The molecule has 2 saturated heterocycles. The van der Waals surface area contributed by atoms with Crippen molar-refractivity contribution in [3.05, 3.63) is 0 Å². The number of carbonyl (C=O) groups is 2. The third kappa shape index (κ3) is 3.37. The zero-order valence-corrected chi connectivity index (χ0v) is 11.7. The fourth-order valence-electron chi connectivity index (χ4n) is 2.95. The summed E-state index contributed by atoms with van der Waals surface area (Å²) in [5, 5.41) is 8.68. The van der Waals surface area contributed by atoms with Crippen LogP contribution in [-0.2, 0) is 4.79 Å². The van der Waals surface area contributed by atoms with Gasteiger partial charge in [-0.05, 0) is 26.4 Å². The maximum absolute atomic E-state index is 12.1. The van der Waals surface area contributed by atoms with E-state index >= 15 is 0 Å². The molecule has 0 aromatic heterocycles. The third-order valence-corrected chi connectivity index (χ3v) is 4.17. The number of hydrogen-bond donors (Lipinski definition) is 1. The van der Waals surface area contributed by atoms with Gasteiger partial charge in [0.15, 0.2) is 0 Å². The van der Waals surface area contributed by atoms with Crippen LogP contribution in [0.2, 0.25) is 0 Å². The van der Waals surface area contributed by atoms with E-state index in [9.17, 15) is 9.59 Å². The van der Waals surface area contributed by atoms with Crippen LogP contribution in [0.3, 0.4) is 0 Å². The van der Waals surface area contributed by atoms with Gasteiger partial charge in [-0.25, -0.2) is 4.79 Å². The van der Waals surface area contributed by atoms with Gasteiger partial charge in [0.25, 0.3) is 0 Å². The molecule has 6 heteroatoms. The van der Waals surface area contributed by atoms with Gasteiger partial charge < -0.3 is 19.8 Å². The first-order valence-corrected chi connectivity index (χ1v) is 6.89. The topological polar surface area (TPSA) is 64.1 Å². The van der Waals surface area contributed by atoms with Crippen LogP contribution < -0.4 is 0 Å². The molecule has 0 aromatic carbocycles. The minimum atomic E-state index is -0.780. The Hall–Kier alpha value is -1.30. The summed E-state index contributed by atoms with van der Waals surface area (Å²) in [6, 6.07) is 0.493. The minimum absolute atomic E-state index is 0.0296. The van der Waals surface area contributed by atoms with Gasteiger partial charge in [0.2, 0.25) is 0 Å². The fourth-order valence-corrected chi connectivity index (χ4v) is 2.95. The summed E-state index contributed by atoms with van der Waals surface area (Å²) < 4.78 is 0. The number of likely N-dealkylation sites (tertiary alicyclic amines) is 2. The molecule has 2 fully saturated rings. The first-order valence-electron chi connectivity index (χ1n) is 6.89. The second kappa shape index (κ2) is 5.77. The van der Waals surface area contributed by atoms with E-state index in [-0.39, 0.29) is 18.4 Å². The number of nitrogens with zero attached hydrogens (tertiary/aromatic N) is 3. The molecular formula is C13H23N3O3. The van der Waals surface area contributed by atoms with Crippen molar-refractivity contribution in [3.63, 3.8) is 0 Å². The summed E-state index contributed by atoms with van der Waals surface area (Å²) in [7, 11) is 3.93. The van der Waals surface area contributed by atoms with Crippen LogP contribution in [0.15, 0.2) is 0 Å². The smallest absolute Gasteiger partial charge is 0.319 e. The van der Waals surface area contributed by atoms with E-state index in [1.54, 1.807) is 9.80 Å². The first kappa shape index (κ1) is 14.1. The number of aliphatic carboxylic acids is 1. The van der Waals surface area contributed by atoms with Crippen LogP contribution in [0.5, 0.6) is 0 Å². The number of carbonyl (C=O) groups excluding carboxylic acids is 1. The Balaban J connectivity index is 1.73. The van der Waals surface area contributed by atoms with Crippen molar-refractivity contribution in [1.82, 2.24) is 14.7 Å². The van der Waals surface area contributed by atoms with Gasteiger partial charge in [-0.3, -0.25) is 4.79 Å². The normalized spacial score (nSPS) is 24.3. The maximum Gasteiger partial charge on any atom is 0.319 e. The zero-order chi connectivity index (χ0) is 14.0.